The van der Waals surface area contributed by atoms with E-state index in [0.717, 1.165) is 35.8 Å². The summed E-state index contributed by atoms with van der Waals surface area (Å²) in [6, 6.07) is 7.75. The number of amides is 1. The molecule has 146 valence electrons. The Morgan fingerprint density at radius 2 is 1.96 bits per heavy atom. The van der Waals surface area contributed by atoms with Crippen LogP contribution in [-0.4, -0.2) is 26.0 Å². The Balaban J connectivity index is 1.52. The molecule has 7 heteroatoms. The molecule has 3 N–H and O–H groups in total. The van der Waals surface area contributed by atoms with Gasteiger partial charge < -0.3 is 11.2 Å². The first-order valence-corrected chi connectivity index (χ1v) is 10.6. The largest absolute Gasteiger partial charge is 0.336 e. The fourth-order valence-corrected chi connectivity index (χ4v) is 4.25. The SMILES string of the molecule is Cc1ccc(NC(=O)[C@H](C)Sc2nnc(CCC3CCCCC3)n2N)cc1. The number of nitrogen functional groups attached to an aromatic ring is 1. The molecule has 0 aliphatic heterocycles. The van der Waals surface area contributed by atoms with Gasteiger partial charge in [0.2, 0.25) is 11.1 Å². The van der Waals surface area contributed by atoms with Gasteiger partial charge in [0.05, 0.1) is 5.25 Å². The maximum Gasteiger partial charge on any atom is 0.237 e. The molecule has 1 fully saturated rings. The van der Waals surface area contributed by atoms with Crippen LogP contribution < -0.4 is 11.2 Å². The maximum atomic E-state index is 12.4. The van der Waals surface area contributed by atoms with Crippen molar-refractivity contribution < 1.29 is 4.79 Å². The molecular weight excluding hydrogens is 358 g/mol. The lowest BCUT2D eigenvalue weighted by Gasteiger charge is -2.20. The van der Waals surface area contributed by atoms with Gasteiger partial charge in [-0.05, 0) is 38.3 Å². The molecule has 1 saturated carbocycles. The number of nitrogens with one attached hydrogen (secondary N) is 1. The number of carbonyl (C=O) groups excluding carboxylic acids is 1. The third-order valence-corrected chi connectivity index (χ3v) is 6.26. The van der Waals surface area contributed by atoms with E-state index < -0.39 is 0 Å². The minimum absolute atomic E-state index is 0.0735. The van der Waals surface area contributed by atoms with Crippen LogP contribution in [0.3, 0.4) is 0 Å². The molecule has 2 aromatic rings. The Hall–Kier alpha value is -2.02. The summed E-state index contributed by atoms with van der Waals surface area (Å²) in [5.74, 6) is 7.69. The van der Waals surface area contributed by atoms with Gasteiger partial charge in [0.15, 0.2) is 5.82 Å². The number of hydrogen-bond donors (Lipinski definition) is 2. The molecule has 1 amide bonds. The number of rotatable bonds is 7. The second kappa shape index (κ2) is 9.26. The normalized spacial score (nSPS) is 16.2. The predicted octanol–water partition coefficient (Wildman–Crippen LogP) is 3.93. The van der Waals surface area contributed by atoms with Gasteiger partial charge in [-0.25, -0.2) is 4.68 Å². The summed E-state index contributed by atoms with van der Waals surface area (Å²) < 4.78 is 1.54. The Kier molecular flexibility index (Phi) is 6.77. The molecule has 1 aliphatic rings. The van der Waals surface area contributed by atoms with E-state index in [9.17, 15) is 4.79 Å². The van der Waals surface area contributed by atoms with Crippen molar-refractivity contribution in [1.29, 1.82) is 0 Å². The minimum Gasteiger partial charge on any atom is -0.336 e. The molecule has 0 unspecified atom stereocenters. The van der Waals surface area contributed by atoms with Crippen molar-refractivity contribution in [2.45, 2.75) is 69.2 Å². The quantitative estimate of drug-likeness (QED) is 0.555. The second-order valence-corrected chi connectivity index (χ2v) is 8.73. The van der Waals surface area contributed by atoms with Crippen molar-refractivity contribution in [3.63, 3.8) is 0 Å². The number of hydrogen-bond acceptors (Lipinski definition) is 5. The second-order valence-electron chi connectivity index (χ2n) is 7.43. The fraction of sp³-hybridized carbons (Fsp3) is 0.550. The molecule has 0 saturated heterocycles. The van der Waals surface area contributed by atoms with E-state index in [0.29, 0.717) is 5.16 Å². The summed E-state index contributed by atoms with van der Waals surface area (Å²) in [5.41, 5.74) is 1.95. The molecule has 27 heavy (non-hydrogen) atoms. The molecule has 1 heterocycles. The molecule has 6 nitrogen and oxygen atoms in total. The number of nitrogens with two attached hydrogens (primary N) is 1. The third-order valence-electron chi connectivity index (χ3n) is 5.21. The van der Waals surface area contributed by atoms with E-state index in [1.165, 1.54) is 43.9 Å². The Labute approximate surface area is 165 Å². The van der Waals surface area contributed by atoms with E-state index >= 15 is 0 Å². The summed E-state index contributed by atoms with van der Waals surface area (Å²) in [6.07, 6.45) is 8.64. The lowest BCUT2D eigenvalue weighted by molar-refractivity contribution is -0.115. The van der Waals surface area contributed by atoms with E-state index in [2.05, 4.69) is 15.5 Å². The van der Waals surface area contributed by atoms with Crippen LogP contribution in [0.4, 0.5) is 5.69 Å². The smallest absolute Gasteiger partial charge is 0.237 e. The predicted molar refractivity (Wildman–Crippen MR) is 110 cm³/mol. The number of carbonyl (C=O) groups is 1. The molecule has 3 rings (SSSR count). The monoisotopic (exact) mass is 387 g/mol. The average molecular weight is 388 g/mol. The maximum absolute atomic E-state index is 12.4. The zero-order chi connectivity index (χ0) is 19.2. The number of benzene rings is 1. The van der Waals surface area contributed by atoms with Crippen molar-refractivity contribution in [2.75, 3.05) is 11.2 Å². The zero-order valence-corrected chi connectivity index (χ0v) is 17.0. The lowest BCUT2D eigenvalue weighted by atomic mass is 9.86. The van der Waals surface area contributed by atoms with Gasteiger partial charge >= 0.3 is 0 Å². The number of thioether (sulfide) groups is 1. The number of anilines is 1. The van der Waals surface area contributed by atoms with Crippen LogP contribution in [0.15, 0.2) is 29.4 Å². The van der Waals surface area contributed by atoms with Gasteiger partial charge in [-0.1, -0.05) is 61.6 Å². The van der Waals surface area contributed by atoms with Crippen LogP contribution in [0, 0.1) is 12.8 Å². The van der Waals surface area contributed by atoms with Gasteiger partial charge in [-0.2, -0.15) is 0 Å². The average Bonchev–Trinajstić information content (AvgIpc) is 3.02. The summed E-state index contributed by atoms with van der Waals surface area (Å²) in [5, 5.41) is 11.6. The Morgan fingerprint density at radius 1 is 1.26 bits per heavy atom. The van der Waals surface area contributed by atoms with Crippen LogP contribution in [-0.2, 0) is 11.2 Å². The van der Waals surface area contributed by atoms with E-state index in [4.69, 9.17) is 5.84 Å². The van der Waals surface area contributed by atoms with Crippen molar-refractivity contribution >= 4 is 23.4 Å². The van der Waals surface area contributed by atoms with Crippen LogP contribution in [0.1, 0.15) is 56.8 Å². The lowest BCUT2D eigenvalue weighted by Crippen LogP contribution is -2.24. The van der Waals surface area contributed by atoms with Gasteiger partial charge in [-0.3, -0.25) is 4.79 Å². The van der Waals surface area contributed by atoms with Crippen LogP contribution in [0.2, 0.25) is 0 Å². The van der Waals surface area contributed by atoms with E-state index in [1.54, 1.807) is 4.68 Å². The van der Waals surface area contributed by atoms with Gasteiger partial charge in [0, 0.05) is 12.1 Å². The van der Waals surface area contributed by atoms with Crippen LogP contribution >= 0.6 is 11.8 Å². The summed E-state index contributed by atoms with van der Waals surface area (Å²) >= 11 is 1.34. The van der Waals surface area contributed by atoms with E-state index in [1.807, 2.05) is 38.1 Å². The summed E-state index contributed by atoms with van der Waals surface area (Å²) in [4.78, 5) is 12.4. The van der Waals surface area contributed by atoms with Gasteiger partial charge in [0.25, 0.3) is 0 Å². The topological polar surface area (TPSA) is 85.8 Å². The third kappa shape index (κ3) is 5.48. The van der Waals surface area contributed by atoms with Crippen molar-refractivity contribution in [1.82, 2.24) is 14.9 Å². The van der Waals surface area contributed by atoms with Crippen molar-refractivity contribution in [3.8, 4) is 0 Å². The van der Waals surface area contributed by atoms with Crippen LogP contribution in [0.25, 0.3) is 0 Å². The zero-order valence-electron chi connectivity index (χ0n) is 16.1. The van der Waals surface area contributed by atoms with Crippen LogP contribution in [0.5, 0.6) is 0 Å². The first-order chi connectivity index (χ1) is 13.0. The first-order valence-electron chi connectivity index (χ1n) is 9.76. The minimum atomic E-state index is -0.316. The highest BCUT2D eigenvalue weighted by molar-refractivity contribution is 8.00. The van der Waals surface area contributed by atoms with Gasteiger partial charge in [-0.15, -0.1) is 10.2 Å². The summed E-state index contributed by atoms with van der Waals surface area (Å²) in [7, 11) is 0. The number of aryl methyl sites for hydroxylation is 2. The highest BCUT2D eigenvalue weighted by Gasteiger charge is 2.20. The van der Waals surface area contributed by atoms with E-state index in [-0.39, 0.29) is 11.2 Å². The standard InChI is InChI=1S/C20H29N5OS/c1-14-8-11-17(12-9-14)22-19(26)15(2)27-20-24-23-18(25(20)21)13-10-16-6-4-3-5-7-16/h8-9,11-12,15-16H,3-7,10,13,21H2,1-2H3,(H,22,26)/t15-/m0/s1. The van der Waals surface area contributed by atoms with Crippen molar-refractivity contribution in [3.05, 3.63) is 35.7 Å². The molecule has 0 bridgehead atoms. The highest BCUT2D eigenvalue weighted by Crippen LogP contribution is 2.28. The number of aromatic nitrogens is 3. The first kappa shape index (κ1) is 19.7. The van der Waals surface area contributed by atoms with Gasteiger partial charge in [0.1, 0.15) is 0 Å². The molecule has 1 atom stereocenters. The molecule has 0 radical (unpaired) electrons. The molecule has 1 aromatic carbocycles. The van der Waals surface area contributed by atoms with Crippen molar-refractivity contribution in [2.24, 2.45) is 5.92 Å². The number of nitrogens with zero attached hydrogens (tertiary/aromatic N) is 3. The molecule has 0 spiro atoms. The molecule has 1 aromatic heterocycles. The Bertz CT molecular complexity index is 752. The highest BCUT2D eigenvalue weighted by atomic mass is 32.2. The molecule has 1 aliphatic carbocycles. The fourth-order valence-electron chi connectivity index (χ4n) is 3.46. The molecular formula is C20H29N5OS. The Morgan fingerprint density at radius 3 is 2.67 bits per heavy atom. The summed E-state index contributed by atoms with van der Waals surface area (Å²) in [6.45, 7) is 3.87.